The molecule has 106 valence electrons. The predicted octanol–water partition coefficient (Wildman–Crippen LogP) is 1.93. The number of carbonyl (C=O) groups is 1. The second kappa shape index (κ2) is 6.27. The van der Waals surface area contributed by atoms with E-state index in [1.54, 1.807) is 12.1 Å². The number of amides is 1. The van der Waals surface area contributed by atoms with E-state index < -0.39 is 0 Å². The summed E-state index contributed by atoms with van der Waals surface area (Å²) in [6, 6.07) is 5.99. The molecular weight excluding hydrogens is 259 g/mol. The van der Waals surface area contributed by atoms with Crippen LogP contribution in [0.25, 0.3) is 11.4 Å². The molecule has 2 N–H and O–H groups in total. The van der Waals surface area contributed by atoms with Crippen molar-refractivity contribution in [3.8, 4) is 11.4 Å². The Morgan fingerprint density at radius 1 is 1.35 bits per heavy atom. The molecule has 1 heterocycles. The van der Waals surface area contributed by atoms with Gasteiger partial charge in [-0.25, -0.2) is 9.37 Å². The van der Waals surface area contributed by atoms with Crippen molar-refractivity contribution in [2.24, 2.45) is 5.92 Å². The first-order chi connectivity index (χ1) is 9.56. The average Bonchev–Trinajstić information content (AvgIpc) is 2.88. The first-order valence-electron chi connectivity index (χ1n) is 6.51. The van der Waals surface area contributed by atoms with Crippen molar-refractivity contribution in [3.05, 3.63) is 35.9 Å². The number of nitrogens with one attached hydrogen (secondary N) is 2. The third kappa shape index (κ3) is 3.63. The van der Waals surface area contributed by atoms with Crippen LogP contribution in [0.5, 0.6) is 0 Å². The van der Waals surface area contributed by atoms with Crippen molar-refractivity contribution in [2.75, 3.05) is 6.54 Å². The molecule has 1 aromatic carbocycles. The van der Waals surface area contributed by atoms with E-state index in [1.165, 1.54) is 12.1 Å². The molecule has 2 aromatic rings. The van der Waals surface area contributed by atoms with E-state index >= 15 is 0 Å². The van der Waals surface area contributed by atoms with Crippen LogP contribution in [0.3, 0.4) is 0 Å². The van der Waals surface area contributed by atoms with Crippen molar-refractivity contribution >= 4 is 5.91 Å². The van der Waals surface area contributed by atoms with E-state index in [2.05, 4.69) is 20.5 Å². The van der Waals surface area contributed by atoms with Gasteiger partial charge in [-0.1, -0.05) is 13.8 Å². The van der Waals surface area contributed by atoms with Crippen LogP contribution in [0, 0.1) is 11.7 Å². The summed E-state index contributed by atoms with van der Waals surface area (Å²) in [6.07, 6.45) is 0.576. The number of aromatic amines is 1. The van der Waals surface area contributed by atoms with Gasteiger partial charge in [0.05, 0.1) is 0 Å². The number of aromatic nitrogens is 3. The Bertz CT molecular complexity index is 577. The van der Waals surface area contributed by atoms with Gasteiger partial charge in [-0.2, -0.15) is 5.10 Å². The maximum atomic E-state index is 12.8. The lowest BCUT2D eigenvalue weighted by atomic mass is 10.2. The summed E-state index contributed by atoms with van der Waals surface area (Å²) >= 11 is 0. The number of rotatable bonds is 5. The molecule has 0 spiro atoms. The van der Waals surface area contributed by atoms with E-state index in [4.69, 9.17) is 0 Å². The van der Waals surface area contributed by atoms with Crippen molar-refractivity contribution in [1.29, 1.82) is 0 Å². The van der Waals surface area contributed by atoms with E-state index in [0.717, 1.165) is 5.56 Å². The quantitative estimate of drug-likeness (QED) is 0.876. The molecule has 0 bridgehead atoms. The summed E-state index contributed by atoms with van der Waals surface area (Å²) in [6.45, 7) is 4.20. The summed E-state index contributed by atoms with van der Waals surface area (Å²) in [4.78, 5) is 15.7. The average molecular weight is 276 g/mol. The minimum Gasteiger partial charge on any atom is -0.355 e. The fourth-order valence-corrected chi connectivity index (χ4v) is 1.64. The molecule has 1 amide bonds. The first kappa shape index (κ1) is 14.2. The highest BCUT2D eigenvalue weighted by Gasteiger charge is 2.08. The van der Waals surface area contributed by atoms with Gasteiger partial charge in [0, 0.05) is 24.4 Å². The molecule has 1 aromatic heterocycles. The van der Waals surface area contributed by atoms with Crippen LogP contribution >= 0.6 is 0 Å². The molecule has 6 heteroatoms. The molecule has 2 rings (SSSR count). The minimum atomic E-state index is -0.291. The van der Waals surface area contributed by atoms with Gasteiger partial charge >= 0.3 is 0 Å². The zero-order valence-electron chi connectivity index (χ0n) is 11.5. The number of nitrogens with zero attached hydrogens (tertiary/aromatic N) is 2. The molecule has 0 unspecified atom stereocenters. The summed E-state index contributed by atoms with van der Waals surface area (Å²) < 4.78 is 12.8. The highest BCUT2D eigenvalue weighted by atomic mass is 19.1. The Morgan fingerprint density at radius 3 is 2.70 bits per heavy atom. The van der Waals surface area contributed by atoms with Crippen molar-refractivity contribution in [2.45, 2.75) is 20.3 Å². The maximum absolute atomic E-state index is 12.8. The van der Waals surface area contributed by atoms with Crippen LogP contribution in [0.2, 0.25) is 0 Å². The number of carbonyl (C=O) groups excluding carboxylic acids is 1. The summed E-state index contributed by atoms with van der Waals surface area (Å²) in [7, 11) is 0. The van der Waals surface area contributed by atoms with Crippen molar-refractivity contribution in [3.63, 3.8) is 0 Å². The second-order valence-electron chi connectivity index (χ2n) is 4.81. The summed E-state index contributed by atoms with van der Waals surface area (Å²) in [5.74, 6) is 0.909. The molecule has 0 saturated heterocycles. The number of benzene rings is 1. The molecule has 0 radical (unpaired) electrons. The lowest BCUT2D eigenvalue weighted by molar-refractivity contribution is -0.123. The van der Waals surface area contributed by atoms with Crippen LogP contribution in [-0.2, 0) is 11.2 Å². The zero-order valence-corrected chi connectivity index (χ0v) is 11.5. The number of H-pyrrole nitrogens is 1. The Balaban J connectivity index is 1.92. The summed E-state index contributed by atoms with van der Waals surface area (Å²) in [5.41, 5.74) is 0.750. The fourth-order valence-electron chi connectivity index (χ4n) is 1.64. The predicted molar refractivity (Wildman–Crippen MR) is 73.3 cm³/mol. The highest BCUT2D eigenvalue weighted by Crippen LogP contribution is 2.14. The van der Waals surface area contributed by atoms with E-state index in [1.807, 2.05) is 13.8 Å². The lowest BCUT2D eigenvalue weighted by Gasteiger charge is -2.05. The molecule has 0 atom stereocenters. The molecule has 0 fully saturated rings. The fraction of sp³-hybridized carbons (Fsp3) is 0.357. The van der Waals surface area contributed by atoms with Crippen LogP contribution in [-0.4, -0.2) is 27.6 Å². The Hall–Kier alpha value is -2.24. The van der Waals surface area contributed by atoms with Crippen LogP contribution < -0.4 is 5.32 Å². The molecule has 0 aliphatic rings. The number of halogens is 1. The SMILES string of the molecule is CC(C)C(=O)NCCc1nc(-c2ccc(F)cc2)n[nH]1. The monoisotopic (exact) mass is 276 g/mol. The van der Waals surface area contributed by atoms with Gasteiger partial charge in [0.25, 0.3) is 0 Å². The van der Waals surface area contributed by atoms with Gasteiger partial charge in [0.2, 0.25) is 5.91 Å². The van der Waals surface area contributed by atoms with Crippen LogP contribution in [0.4, 0.5) is 4.39 Å². The largest absolute Gasteiger partial charge is 0.355 e. The molecule has 5 nitrogen and oxygen atoms in total. The van der Waals surface area contributed by atoms with Gasteiger partial charge < -0.3 is 5.32 Å². The second-order valence-corrected chi connectivity index (χ2v) is 4.81. The lowest BCUT2D eigenvalue weighted by Crippen LogP contribution is -2.29. The summed E-state index contributed by atoms with van der Waals surface area (Å²) in [5, 5.41) is 9.70. The zero-order chi connectivity index (χ0) is 14.5. The first-order valence-corrected chi connectivity index (χ1v) is 6.51. The van der Waals surface area contributed by atoms with Gasteiger partial charge in [-0.3, -0.25) is 9.89 Å². The van der Waals surface area contributed by atoms with E-state index in [-0.39, 0.29) is 17.6 Å². The molecule has 0 aliphatic heterocycles. The molecule has 0 aliphatic carbocycles. The number of hydrogen-bond donors (Lipinski definition) is 2. The maximum Gasteiger partial charge on any atom is 0.222 e. The standard InChI is InChI=1S/C14H17FN4O/c1-9(2)14(20)16-8-7-12-17-13(19-18-12)10-3-5-11(15)6-4-10/h3-6,9H,7-8H2,1-2H3,(H,16,20)(H,17,18,19). The number of hydrogen-bond acceptors (Lipinski definition) is 3. The topological polar surface area (TPSA) is 70.7 Å². The van der Waals surface area contributed by atoms with Crippen molar-refractivity contribution in [1.82, 2.24) is 20.5 Å². The van der Waals surface area contributed by atoms with Gasteiger partial charge in [-0.15, -0.1) is 0 Å². The third-order valence-electron chi connectivity index (χ3n) is 2.82. The van der Waals surface area contributed by atoms with Crippen molar-refractivity contribution < 1.29 is 9.18 Å². The van der Waals surface area contributed by atoms with Crippen LogP contribution in [0.15, 0.2) is 24.3 Å². The minimum absolute atomic E-state index is 0.0169. The van der Waals surface area contributed by atoms with Gasteiger partial charge in [0.15, 0.2) is 5.82 Å². The molecular formula is C14H17FN4O. The van der Waals surface area contributed by atoms with Gasteiger partial charge in [0.1, 0.15) is 11.6 Å². The Labute approximate surface area is 116 Å². The normalized spacial score (nSPS) is 10.8. The van der Waals surface area contributed by atoms with Crippen LogP contribution in [0.1, 0.15) is 19.7 Å². The smallest absolute Gasteiger partial charge is 0.222 e. The molecule has 20 heavy (non-hydrogen) atoms. The highest BCUT2D eigenvalue weighted by molar-refractivity contribution is 5.77. The third-order valence-corrected chi connectivity index (χ3v) is 2.82. The van der Waals surface area contributed by atoms with E-state index in [0.29, 0.717) is 24.6 Å². The molecule has 0 saturated carbocycles. The Kier molecular flexibility index (Phi) is 4.45. The van der Waals surface area contributed by atoms with Gasteiger partial charge in [-0.05, 0) is 24.3 Å². The van der Waals surface area contributed by atoms with E-state index in [9.17, 15) is 9.18 Å². The Morgan fingerprint density at radius 2 is 2.05 bits per heavy atom.